The lowest BCUT2D eigenvalue weighted by molar-refractivity contribution is -0.111. The Morgan fingerprint density at radius 1 is 1.70 bits per heavy atom. The van der Waals surface area contributed by atoms with Gasteiger partial charge in [0.1, 0.15) is 11.5 Å². The van der Waals surface area contributed by atoms with Crippen molar-refractivity contribution in [2.24, 2.45) is 4.99 Å². The number of carbonyl (C=O) groups is 1. The third-order valence-corrected chi connectivity index (χ3v) is 1.44. The van der Waals surface area contributed by atoms with Crippen LogP contribution in [0, 0.1) is 0 Å². The number of aliphatic hydroxyl groups is 1. The van der Waals surface area contributed by atoms with Crippen LogP contribution in [0.2, 0.25) is 0 Å². The second kappa shape index (κ2) is 2.25. The first-order chi connectivity index (χ1) is 4.63. The highest BCUT2D eigenvalue weighted by atomic mass is 16.3. The first-order valence-electron chi connectivity index (χ1n) is 3.07. The first kappa shape index (κ1) is 6.99. The van der Waals surface area contributed by atoms with Gasteiger partial charge in [-0.25, -0.2) is 0 Å². The summed E-state index contributed by atoms with van der Waals surface area (Å²) in [5.41, 5.74) is 0.989. The Balaban J connectivity index is 2.93. The van der Waals surface area contributed by atoms with Crippen molar-refractivity contribution < 1.29 is 9.90 Å². The maximum absolute atomic E-state index is 10.7. The Bertz CT molecular complexity index is 238. The molecule has 0 atom stereocenters. The Labute approximate surface area is 59.1 Å². The zero-order valence-electron chi connectivity index (χ0n) is 6.01. The SMILES string of the molecule is CC(=O)C1=NCC(C)=C1O. The second-order valence-electron chi connectivity index (χ2n) is 2.35. The molecule has 0 spiro atoms. The molecule has 54 valence electrons. The third kappa shape index (κ3) is 0.943. The summed E-state index contributed by atoms with van der Waals surface area (Å²) >= 11 is 0. The van der Waals surface area contributed by atoms with Crippen molar-refractivity contribution >= 4 is 11.5 Å². The molecule has 0 aromatic heterocycles. The molecule has 0 fully saturated rings. The van der Waals surface area contributed by atoms with E-state index in [1.165, 1.54) is 6.92 Å². The average Bonchev–Trinajstić information content (AvgIpc) is 2.14. The molecule has 0 amide bonds. The summed E-state index contributed by atoms with van der Waals surface area (Å²) in [7, 11) is 0. The fourth-order valence-electron chi connectivity index (χ4n) is 0.828. The van der Waals surface area contributed by atoms with Gasteiger partial charge in [0.05, 0.1) is 6.54 Å². The minimum atomic E-state index is -0.172. The summed E-state index contributed by atoms with van der Waals surface area (Å²) in [5.74, 6) is -0.109. The molecule has 0 bridgehead atoms. The van der Waals surface area contributed by atoms with Crippen molar-refractivity contribution in [1.29, 1.82) is 0 Å². The van der Waals surface area contributed by atoms with Crippen LogP contribution in [0.4, 0.5) is 0 Å². The average molecular weight is 139 g/mol. The van der Waals surface area contributed by atoms with E-state index in [1.807, 2.05) is 0 Å². The molecule has 1 aliphatic heterocycles. The van der Waals surface area contributed by atoms with Crippen LogP contribution in [0.5, 0.6) is 0 Å². The molecule has 0 saturated heterocycles. The monoisotopic (exact) mass is 139 g/mol. The minimum Gasteiger partial charge on any atom is -0.506 e. The predicted octanol–water partition coefficient (Wildman–Crippen LogP) is 0.862. The standard InChI is InChI=1S/C7H9NO2/c1-4-3-8-6(5(2)9)7(4)10/h10H,3H2,1-2H3. The number of nitrogens with zero attached hydrogens (tertiary/aromatic N) is 1. The van der Waals surface area contributed by atoms with Gasteiger partial charge in [-0.15, -0.1) is 0 Å². The van der Waals surface area contributed by atoms with Crippen molar-refractivity contribution in [3.63, 3.8) is 0 Å². The molecule has 1 N–H and O–H groups in total. The van der Waals surface area contributed by atoms with Gasteiger partial charge in [0.2, 0.25) is 0 Å². The number of aliphatic hydroxyl groups excluding tert-OH is 1. The first-order valence-corrected chi connectivity index (χ1v) is 3.07. The zero-order chi connectivity index (χ0) is 7.72. The number of aliphatic imine (C=N–C) groups is 1. The number of Topliss-reactive ketones (excluding diaryl/α,β-unsaturated/α-hetero) is 1. The smallest absolute Gasteiger partial charge is 0.181 e. The zero-order valence-corrected chi connectivity index (χ0v) is 6.01. The molecular formula is C7H9NO2. The van der Waals surface area contributed by atoms with Gasteiger partial charge in [-0.1, -0.05) is 0 Å². The van der Waals surface area contributed by atoms with Gasteiger partial charge in [0, 0.05) is 6.92 Å². The van der Waals surface area contributed by atoms with Crippen molar-refractivity contribution in [2.45, 2.75) is 13.8 Å². The molecule has 0 aromatic carbocycles. The van der Waals surface area contributed by atoms with Crippen LogP contribution in [0.15, 0.2) is 16.3 Å². The molecule has 10 heavy (non-hydrogen) atoms. The largest absolute Gasteiger partial charge is 0.506 e. The Morgan fingerprint density at radius 2 is 2.30 bits per heavy atom. The summed E-state index contributed by atoms with van der Waals surface area (Å²) in [4.78, 5) is 14.5. The lowest BCUT2D eigenvalue weighted by Gasteiger charge is -1.93. The van der Waals surface area contributed by atoms with Crippen LogP contribution in [0.3, 0.4) is 0 Å². The van der Waals surface area contributed by atoms with Gasteiger partial charge in [-0.05, 0) is 12.5 Å². The molecule has 1 aliphatic rings. The van der Waals surface area contributed by atoms with Crippen LogP contribution in [-0.4, -0.2) is 23.1 Å². The van der Waals surface area contributed by atoms with E-state index in [0.29, 0.717) is 6.54 Å². The summed E-state index contributed by atoms with van der Waals surface area (Å²) in [6.07, 6.45) is 0. The lowest BCUT2D eigenvalue weighted by atomic mass is 10.2. The quantitative estimate of drug-likeness (QED) is 0.585. The van der Waals surface area contributed by atoms with Gasteiger partial charge in [-0.2, -0.15) is 0 Å². The number of hydrogen-bond acceptors (Lipinski definition) is 3. The minimum absolute atomic E-state index is 0.0625. The number of hydrogen-bond donors (Lipinski definition) is 1. The van der Waals surface area contributed by atoms with Crippen LogP contribution in [-0.2, 0) is 4.79 Å². The van der Waals surface area contributed by atoms with Gasteiger partial charge < -0.3 is 5.11 Å². The Hall–Kier alpha value is -1.12. The van der Waals surface area contributed by atoms with Crippen molar-refractivity contribution in [3.8, 4) is 0 Å². The molecule has 0 aliphatic carbocycles. The van der Waals surface area contributed by atoms with E-state index in [4.69, 9.17) is 5.11 Å². The van der Waals surface area contributed by atoms with Crippen molar-refractivity contribution in [1.82, 2.24) is 0 Å². The molecule has 1 heterocycles. The molecular weight excluding hydrogens is 130 g/mol. The van der Waals surface area contributed by atoms with Crippen LogP contribution in [0.25, 0.3) is 0 Å². The molecule has 0 unspecified atom stereocenters. The molecule has 3 heteroatoms. The van der Waals surface area contributed by atoms with Crippen LogP contribution < -0.4 is 0 Å². The highest BCUT2D eigenvalue weighted by Gasteiger charge is 2.18. The summed E-state index contributed by atoms with van der Waals surface area (Å²) < 4.78 is 0. The fraction of sp³-hybridized carbons (Fsp3) is 0.429. The number of carbonyl (C=O) groups excluding carboxylic acids is 1. The maximum atomic E-state index is 10.7. The highest BCUT2D eigenvalue weighted by Crippen LogP contribution is 2.11. The molecule has 3 nitrogen and oxygen atoms in total. The van der Waals surface area contributed by atoms with E-state index < -0.39 is 0 Å². The van der Waals surface area contributed by atoms with Gasteiger partial charge in [-0.3, -0.25) is 9.79 Å². The van der Waals surface area contributed by atoms with Crippen LogP contribution in [0.1, 0.15) is 13.8 Å². The van der Waals surface area contributed by atoms with E-state index in [0.717, 1.165) is 5.57 Å². The third-order valence-electron chi connectivity index (χ3n) is 1.44. The van der Waals surface area contributed by atoms with E-state index in [1.54, 1.807) is 6.92 Å². The number of rotatable bonds is 1. The maximum Gasteiger partial charge on any atom is 0.181 e. The second-order valence-corrected chi connectivity index (χ2v) is 2.35. The highest BCUT2D eigenvalue weighted by molar-refractivity contribution is 6.45. The van der Waals surface area contributed by atoms with E-state index in [2.05, 4.69) is 4.99 Å². The van der Waals surface area contributed by atoms with Crippen molar-refractivity contribution in [2.75, 3.05) is 6.54 Å². The number of ketones is 1. The van der Waals surface area contributed by atoms with E-state index in [-0.39, 0.29) is 17.3 Å². The topological polar surface area (TPSA) is 49.7 Å². The van der Waals surface area contributed by atoms with Crippen molar-refractivity contribution in [3.05, 3.63) is 11.3 Å². The van der Waals surface area contributed by atoms with Gasteiger partial charge >= 0.3 is 0 Å². The summed E-state index contributed by atoms with van der Waals surface area (Å²) in [5, 5.41) is 9.16. The Morgan fingerprint density at radius 3 is 2.50 bits per heavy atom. The predicted molar refractivity (Wildman–Crippen MR) is 38.3 cm³/mol. The molecule has 1 rings (SSSR count). The Kier molecular flexibility index (Phi) is 1.57. The van der Waals surface area contributed by atoms with Gasteiger partial charge in [0.15, 0.2) is 5.78 Å². The van der Waals surface area contributed by atoms with Crippen LogP contribution >= 0.6 is 0 Å². The number of allylic oxidation sites excluding steroid dienone is 1. The van der Waals surface area contributed by atoms with E-state index in [9.17, 15) is 4.79 Å². The fourth-order valence-corrected chi connectivity index (χ4v) is 0.828. The molecule has 0 aromatic rings. The van der Waals surface area contributed by atoms with Gasteiger partial charge in [0.25, 0.3) is 0 Å². The molecule has 0 radical (unpaired) electrons. The summed E-state index contributed by atoms with van der Waals surface area (Å²) in [6, 6.07) is 0. The van der Waals surface area contributed by atoms with E-state index >= 15 is 0 Å². The molecule has 0 saturated carbocycles. The lowest BCUT2D eigenvalue weighted by Crippen LogP contribution is -2.10. The summed E-state index contributed by atoms with van der Waals surface area (Å²) in [6.45, 7) is 3.61. The normalized spacial score (nSPS) is 17.6.